The summed E-state index contributed by atoms with van der Waals surface area (Å²) in [5.41, 5.74) is 0.271. The molecule has 0 N–H and O–H groups in total. The number of para-hydroxylation sites is 1. The monoisotopic (exact) mass is 362 g/mol. The lowest BCUT2D eigenvalue weighted by Gasteiger charge is -2.64. The van der Waals surface area contributed by atoms with Crippen LogP contribution in [0.25, 0.3) is 0 Å². The molecule has 0 aromatic heterocycles. The van der Waals surface area contributed by atoms with Gasteiger partial charge in [0.25, 0.3) is 0 Å². The molecule has 0 unspecified atom stereocenters. The third-order valence-corrected chi connectivity index (χ3v) is 7.70. The molecule has 1 saturated heterocycles. The Balaban J connectivity index is 1.49. The van der Waals surface area contributed by atoms with Gasteiger partial charge in [0.2, 0.25) is 11.8 Å². The predicted molar refractivity (Wildman–Crippen MR) is 100 cm³/mol. The van der Waals surface area contributed by atoms with Gasteiger partial charge in [0.05, 0.1) is 35.1 Å². The molecule has 2 aliphatic heterocycles. The van der Waals surface area contributed by atoms with Crippen molar-refractivity contribution in [3.8, 4) is 0 Å². The number of ether oxygens (including phenoxy) is 1. The number of rotatable bonds is 2. The second-order valence-electron chi connectivity index (χ2n) is 8.43. The molecule has 3 fully saturated rings. The third kappa shape index (κ3) is 1.50. The SMILES string of the molecule is CCOC1=N[C@]23CCC[C@]12[C@H]1C=C[C@H]3[C@H]2C(=O)N(c3ccccc3)C(=O)[C@H]21. The Kier molecular flexibility index (Phi) is 2.83. The average molecular weight is 362 g/mol. The van der Waals surface area contributed by atoms with Gasteiger partial charge in [0.15, 0.2) is 5.90 Å². The number of anilines is 1. The summed E-state index contributed by atoms with van der Waals surface area (Å²) >= 11 is 0. The number of hydrogen-bond donors (Lipinski definition) is 0. The second kappa shape index (κ2) is 4.89. The van der Waals surface area contributed by atoms with Crippen LogP contribution in [0.1, 0.15) is 26.2 Å². The van der Waals surface area contributed by atoms with Crippen molar-refractivity contribution >= 4 is 23.4 Å². The van der Waals surface area contributed by atoms with E-state index in [9.17, 15) is 9.59 Å². The van der Waals surface area contributed by atoms with Crippen LogP contribution in [0.15, 0.2) is 47.5 Å². The number of benzene rings is 1. The standard InChI is InChI=1S/C22H22N2O3/c1-2-27-20-21-11-6-12-22(21,23-20)15-10-9-14(21)16-17(15)19(26)24(18(16)25)13-7-4-3-5-8-13/h3-5,7-10,14-17H,2,6,11-12H2,1H3/t14-,15-,16-,17+,21-,22-/m0/s1. The lowest BCUT2D eigenvalue weighted by atomic mass is 9.42. The Morgan fingerprint density at radius 1 is 1.07 bits per heavy atom. The van der Waals surface area contributed by atoms with Crippen LogP contribution in [0.2, 0.25) is 0 Å². The van der Waals surface area contributed by atoms with Gasteiger partial charge in [-0.25, -0.2) is 4.99 Å². The van der Waals surface area contributed by atoms with E-state index in [1.165, 1.54) is 4.90 Å². The summed E-state index contributed by atoms with van der Waals surface area (Å²) in [4.78, 5) is 33.3. The summed E-state index contributed by atoms with van der Waals surface area (Å²) in [5.74, 6) is 0.177. The minimum atomic E-state index is -0.287. The van der Waals surface area contributed by atoms with E-state index in [4.69, 9.17) is 9.73 Å². The fourth-order valence-corrected chi connectivity index (χ4v) is 6.89. The first kappa shape index (κ1) is 15.6. The molecule has 6 aliphatic rings. The zero-order chi connectivity index (χ0) is 18.4. The van der Waals surface area contributed by atoms with E-state index in [1.807, 2.05) is 37.3 Å². The lowest BCUT2D eigenvalue weighted by molar-refractivity contribution is -0.135. The van der Waals surface area contributed by atoms with E-state index in [-0.39, 0.29) is 46.4 Å². The quantitative estimate of drug-likeness (QED) is 0.600. The number of amides is 2. The minimum absolute atomic E-state index is 0.00404. The molecular weight excluding hydrogens is 340 g/mol. The van der Waals surface area contributed by atoms with Gasteiger partial charge >= 0.3 is 0 Å². The Morgan fingerprint density at radius 2 is 1.78 bits per heavy atom. The Morgan fingerprint density at radius 3 is 2.52 bits per heavy atom. The maximum absolute atomic E-state index is 13.5. The number of hydrogen-bond acceptors (Lipinski definition) is 4. The molecule has 5 nitrogen and oxygen atoms in total. The Hall–Kier alpha value is -2.43. The first-order chi connectivity index (χ1) is 13.2. The van der Waals surface area contributed by atoms with Gasteiger partial charge in [-0.05, 0) is 38.3 Å². The molecular formula is C22H22N2O3. The van der Waals surface area contributed by atoms with Crippen LogP contribution in [-0.4, -0.2) is 29.9 Å². The van der Waals surface area contributed by atoms with E-state index in [0.29, 0.717) is 12.3 Å². The van der Waals surface area contributed by atoms with Gasteiger partial charge in [-0.3, -0.25) is 14.5 Å². The summed E-state index contributed by atoms with van der Waals surface area (Å²) in [7, 11) is 0. The fourth-order valence-electron chi connectivity index (χ4n) is 6.89. The minimum Gasteiger partial charge on any atom is -0.481 e. The van der Waals surface area contributed by atoms with Gasteiger partial charge in [-0.1, -0.05) is 30.4 Å². The fraction of sp³-hybridized carbons (Fsp3) is 0.500. The number of carbonyl (C=O) groups is 2. The molecule has 1 aromatic carbocycles. The third-order valence-electron chi connectivity index (χ3n) is 7.70. The largest absolute Gasteiger partial charge is 0.481 e. The van der Waals surface area contributed by atoms with Crippen molar-refractivity contribution in [3.05, 3.63) is 42.5 Å². The zero-order valence-electron chi connectivity index (χ0n) is 15.3. The highest BCUT2D eigenvalue weighted by molar-refractivity contribution is 6.23. The predicted octanol–water partition coefficient (Wildman–Crippen LogP) is 2.97. The van der Waals surface area contributed by atoms with Gasteiger partial charge in [-0.15, -0.1) is 0 Å². The van der Waals surface area contributed by atoms with Crippen LogP contribution in [0, 0.1) is 29.1 Å². The molecule has 2 amide bonds. The first-order valence-electron chi connectivity index (χ1n) is 10.00. The molecule has 138 valence electrons. The molecule has 7 rings (SSSR count). The van der Waals surface area contributed by atoms with Crippen molar-refractivity contribution in [2.24, 2.45) is 34.1 Å². The number of aliphatic imine (C=N–C) groups is 1. The van der Waals surface area contributed by atoms with Crippen molar-refractivity contribution in [1.29, 1.82) is 0 Å². The lowest BCUT2D eigenvalue weighted by Crippen LogP contribution is -2.72. The molecule has 0 spiro atoms. The summed E-state index contributed by atoms with van der Waals surface area (Å²) in [5, 5.41) is 0. The first-order valence-corrected chi connectivity index (χ1v) is 10.00. The highest BCUT2D eigenvalue weighted by Crippen LogP contribution is 2.74. The van der Waals surface area contributed by atoms with Crippen LogP contribution in [0.4, 0.5) is 5.69 Å². The molecule has 1 aromatic rings. The zero-order valence-corrected chi connectivity index (χ0v) is 15.3. The summed E-state index contributed by atoms with van der Waals surface area (Å²) < 4.78 is 5.93. The molecule has 2 heterocycles. The molecule has 2 saturated carbocycles. The van der Waals surface area contributed by atoms with Crippen LogP contribution < -0.4 is 4.90 Å². The van der Waals surface area contributed by atoms with Crippen LogP contribution >= 0.6 is 0 Å². The van der Waals surface area contributed by atoms with E-state index in [0.717, 1.165) is 25.2 Å². The summed E-state index contributed by atoms with van der Waals surface area (Å²) in [6.07, 6.45) is 7.46. The van der Waals surface area contributed by atoms with Gasteiger partial charge in [0, 0.05) is 11.8 Å². The maximum atomic E-state index is 13.5. The van der Waals surface area contributed by atoms with Crippen LogP contribution in [0.5, 0.6) is 0 Å². The number of carbonyl (C=O) groups excluding carboxylic acids is 2. The highest BCUT2D eigenvalue weighted by Gasteiger charge is 2.80. The van der Waals surface area contributed by atoms with Crippen molar-refractivity contribution < 1.29 is 14.3 Å². The van der Waals surface area contributed by atoms with Crippen molar-refractivity contribution in [3.63, 3.8) is 0 Å². The number of allylic oxidation sites excluding steroid dienone is 1. The normalized spacial score (nSPS) is 43.1. The van der Waals surface area contributed by atoms with Crippen molar-refractivity contribution in [2.75, 3.05) is 11.5 Å². The smallest absolute Gasteiger partial charge is 0.238 e. The van der Waals surface area contributed by atoms with Crippen LogP contribution in [-0.2, 0) is 14.3 Å². The molecule has 6 atom stereocenters. The molecule has 0 radical (unpaired) electrons. The van der Waals surface area contributed by atoms with Crippen molar-refractivity contribution in [2.45, 2.75) is 31.7 Å². The maximum Gasteiger partial charge on any atom is 0.238 e. The van der Waals surface area contributed by atoms with Gasteiger partial charge < -0.3 is 4.74 Å². The van der Waals surface area contributed by atoms with E-state index < -0.39 is 0 Å². The average Bonchev–Trinajstić information content (AvgIpc) is 3.16. The number of imide groups is 1. The van der Waals surface area contributed by atoms with E-state index in [2.05, 4.69) is 12.2 Å². The van der Waals surface area contributed by atoms with E-state index >= 15 is 0 Å². The topological polar surface area (TPSA) is 59.0 Å². The second-order valence-corrected chi connectivity index (χ2v) is 8.43. The molecule has 5 heteroatoms. The Bertz CT molecular complexity index is 923. The van der Waals surface area contributed by atoms with Gasteiger partial charge in [-0.2, -0.15) is 0 Å². The molecule has 4 aliphatic carbocycles. The van der Waals surface area contributed by atoms with Crippen LogP contribution in [0.3, 0.4) is 0 Å². The van der Waals surface area contributed by atoms with E-state index in [1.54, 1.807) is 0 Å². The molecule has 2 bridgehead atoms. The van der Waals surface area contributed by atoms with Gasteiger partial charge in [0.1, 0.15) is 0 Å². The van der Waals surface area contributed by atoms with Crippen molar-refractivity contribution in [1.82, 2.24) is 0 Å². The summed E-state index contributed by atoms with van der Waals surface area (Å²) in [6, 6.07) is 9.33. The molecule has 27 heavy (non-hydrogen) atoms. The Labute approximate surface area is 158 Å². The summed E-state index contributed by atoms with van der Waals surface area (Å²) in [6.45, 7) is 2.57. The number of nitrogens with zero attached hydrogens (tertiary/aromatic N) is 2. The highest BCUT2D eigenvalue weighted by atomic mass is 16.5.